The van der Waals surface area contributed by atoms with E-state index in [1.807, 2.05) is 60.7 Å². The molecular weight excluding hydrogens is 506 g/mol. The molecule has 9 heteroatoms. The Hall–Kier alpha value is -4.24. The first-order valence-corrected chi connectivity index (χ1v) is 13.7. The van der Waals surface area contributed by atoms with Gasteiger partial charge in [0.1, 0.15) is 23.9 Å². The quantitative estimate of drug-likeness (QED) is 0.310. The second-order valence-electron chi connectivity index (χ2n) is 10.1. The molecule has 0 bridgehead atoms. The average molecular weight is 542 g/mol. The van der Waals surface area contributed by atoms with Gasteiger partial charge in [-0.05, 0) is 67.1 Å². The van der Waals surface area contributed by atoms with E-state index < -0.39 is 6.04 Å². The number of amides is 2. The summed E-state index contributed by atoms with van der Waals surface area (Å²) in [5.41, 5.74) is 4.40. The average Bonchev–Trinajstić information content (AvgIpc) is 3.65. The van der Waals surface area contributed by atoms with Gasteiger partial charge in [0.15, 0.2) is 0 Å². The number of benzene rings is 3. The van der Waals surface area contributed by atoms with Crippen LogP contribution in [-0.4, -0.2) is 64.6 Å². The van der Waals surface area contributed by atoms with Gasteiger partial charge in [-0.15, -0.1) is 5.10 Å². The fourth-order valence-corrected chi connectivity index (χ4v) is 5.18. The Labute approximate surface area is 234 Å². The fourth-order valence-electron chi connectivity index (χ4n) is 5.18. The predicted molar refractivity (Wildman–Crippen MR) is 152 cm³/mol. The second kappa shape index (κ2) is 12.7. The van der Waals surface area contributed by atoms with Crippen molar-refractivity contribution in [2.45, 2.75) is 44.9 Å². The molecule has 208 valence electrons. The number of fused-ring (bicyclic) bond motifs is 1. The molecule has 5 rings (SSSR count). The van der Waals surface area contributed by atoms with Gasteiger partial charge >= 0.3 is 0 Å². The monoisotopic (exact) mass is 541 g/mol. The molecule has 9 nitrogen and oxygen atoms in total. The molecule has 1 fully saturated rings. The van der Waals surface area contributed by atoms with Crippen LogP contribution in [0.3, 0.4) is 0 Å². The molecule has 0 radical (unpaired) electrons. The van der Waals surface area contributed by atoms with Gasteiger partial charge in [0, 0.05) is 19.7 Å². The molecular formula is C31H35N5O4. The van der Waals surface area contributed by atoms with Gasteiger partial charge < -0.3 is 19.7 Å². The van der Waals surface area contributed by atoms with Gasteiger partial charge in [0.05, 0.1) is 18.7 Å². The van der Waals surface area contributed by atoms with Crippen LogP contribution in [0.25, 0.3) is 11.0 Å². The Morgan fingerprint density at radius 1 is 1.12 bits per heavy atom. The summed E-state index contributed by atoms with van der Waals surface area (Å²) in [7, 11) is 1.59. The van der Waals surface area contributed by atoms with Crippen LogP contribution in [0, 0.1) is 6.92 Å². The highest BCUT2D eigenvalue weighted by Crippen LogP contribution is 2.27. The highest BCUT2D eigenvalue weighted by atomic mass is 16.5. The molecule has 0 spiro atoms. The van der Waals surface area contributed by atoms with Gasteiger partial charge in [-0.2, -0.15) is 0 Å². The molecule has 3 aromatic carbocycles. The maximum absolute atomic E-state index is 14.1. The van der Waals surface area contributed by atoms with Crippen LogP contribution in [-0.2, 0) is 27.3 Å². The van der Waals surface area contributed by atoms with E-state index in [1.165, 1.54) is 0 Å². The topological polar surface area (TPSA) is 98.6 Å². The molecule has 40 heavy (non-hydrogen) atoms. The van der Waals surface area contributed by atoms with E-state index in [-0.39, 0.29) is 24.5 Å². The van der Waals surface area contributed by atoms with Crippen molar-refractivity contribution in [1.29, 1.82) is 0 Å². The first-order valence-electron chi connectivity index (χ1n) is 13.7. The lowest BCUT2D eigenvalue weighted by Gasteiger charge is -2.32. The number of nitrogens with one attached hydrogen (secondary N) is 1. The lowest BCUT2D eigenvalue weighted by Crippen LogP contribution is -2.47. The van der Waals surface area contributed by atoms with Gasteiger partial charge in [0.2, 0.25) is 11.8 Å². The number of rotatable bonds is 11. The van der Waals surface area contributed by atoms with Crippen molar-refractivity contribution in [2.24, 2.45) is 0 Å². The van der Waals surface area contributed by atoms with E-state index in [2.05, 4.69) is 34.7 Å². The zero-order valence-corrected chi connectivity index (χ0v) is 23.0. The molecule has 2 atom stereocenters. The Morgan fingerprint density at radius 2 is 1.95 bits per heavy atom. The lowest BCUT2D eigenvalue weighted by molar-refractivity contribution is -0.141. The summed E-state index contributed by atoms with van der Waals surface area (Å²) < 4.78 is 12.8. The number of aromatic nitrogens is 3. The summed E-state index contributed by atoms with van der Waals surface area (Å²) in [4.78, 5) is 29.7. The standard InChI is InChI=1S/C31H35N5O4/c1-22-9-3-4-10-23(22)16-17-35(29(37)21-36-28-15-6-5-14-27(28)33-34-36)30(24-11-7-12-25(19-24)39-2)31(38)32-20-26-13-8-18-40-26/h3-7,9-12,14-15,19,26,30H,8,13,16-18,20-21H2,1-2H3,(H,32,38)/t26-,30+/m0/s1. The third-order valence-corrected chi connectivity index (χ3v) is 7.41. The number of carbonyl (C=O) groups excluding carboxylic acids is 2. The molecule has 1 aliphatic heterocycles. The number of carbonyl (C=O) groups is 2. The fraction of sp³-hybridized carbons (Fsp3) is 0.355. The Morgan fingerprint density at radius 3 is 2.75 bits per heavy atom. The van der Waals surface area contributed by atoms with Crippen molar-refractivity contribution in [3.63, 3.8) is 0 Å². The van der Waals surface area contributed by atoms with Crippen LogP contribution in [0.15, 0.2) is 72.8 Å². The van der Waals surface area contributed by atoms with E-state index in [9.17, 15) is 9.59 Å². The zero-order chi connectivity index (χ0) is 27.9. The first-order chi connectivity index (χ1) is 19.5. The number of hydrogen-bond acceptors (Lipinski definition) is 6. The van der Waals surface area contributed by atoms with E-state index in [0.717, 1.165) is 29.5 Å². The third-order valence-electron chi connectivity index (χ3n) is 7.41. The summed E-state index contributed by atoms with van der Waals surface area (Å²) >= 11 is 0. The van der Waals surface area contributed by atoms with E-state index >= 15 is 0 Å². The number of para-hydroxylation sites is 1. The number of nitrogens with zero attached hydrogens (tertiary/aromatic N) is 4. The Balaban J connectivity index is 1.49. The molecule has 0 aliphatic carbocycles. The van der Waals surface area contributed by atoms with Crippen LogP contribution in [0.4, 0.5) is 0 Å². The SMILES string of the molecule is COc1cccc([C@H](C(=O)NC[C@@H]2CCCO2)N(CCc2ccccc2C)C(=O)Cn2nnc3ccccc32)c1. The van der Waals surface area contributed by atoms with Crippen LogP contribution >= 0.6 is 0 Å². The van der Waals surface area contributed by atoms with E-state index in [0.29, 0.717) is 42.9 Å². The summed E-state index contributed by atoms with van der Waals surface area (Å²) in [6.07, 6.45) is 2.45. The van der Waals surface area contributed by atoms with E-state index in [1.54, 1.807) is 16.7 Å². The normalized spacial score (nSPS) is 15.6. The molecule has 0 saturated carbocycles. The maximum Gasteiger partial charge on any atom is 0.247 e. The number of hydrogen-bond donors (Lipinski definition) is 1. The Kier molecular flexibility index (Phi) is 8.71. The highest BCUT2D eigenvalue weighted by molar-refractivity contribution is 5.89. The molecule has 1 N–H and O–H groups in total. The summed E-state index contributed by atoms with van der Waals surface area (Å²) in [5, 5.41) is 11.5. The number of ether oxygens (including phenoxy) is 2. The van der Waals surface area contributed by atoms with Gasteiger partial charge in [-0.25, -0.2) is 4.68 Å². The summed E-state index contributed by atoms with van der Waals surface area (Å²) in [5.74, 6) is 0.123. The number of methoxy groups -OCH3 is 1. The van der Waals surface area contributed by atoms with Crippen LogP contribution < -0.4 is 10.1 Å². The Bertz CT molecular complexity index is 1460. The van der Waals surface area contributed by atoms with Crippen LogP contribution in [0.1, 0.15) is 35.6 Å². The van der Waals surface area contributed by atoms with Crippen LogP contribution in [0.2, 0.25) is 0 Å². The van der Waals surface area contributed by atoms with Crippen molar-refractivity contribution in [3.05, 3.63) is 89.5 Å². The molecule has 1 aromatic heterocycles. The molecule has 4 aromatic rings. The maximum atomic E-state index is 14.1. The highest BCUT2D eigenvalue weighted by Gasteiger charge is 2.33. The van der Waals surface area contributed by atoms with Crippen LogP contribution in [0.5, 0.6) is 5.75 Å². The third kappa shape index (κ3) is 6.31. The van der Waals surface area contributed by atoms with Gasteiger partial charge in [0.25, 0.3) is 0 Å². The van der Waals surface area contributed by atoms with Crippen molar-refractivity contribution in [1.82, 2.24) is 25.2 Å². The largest absolute Gasteiger partial charge is 0.497 e. The van der Waals surface area contributed by atoms with Gasteiger partial charge in [-0.3, -0.25) is 9.59 Å². The molecule has 2 heterocycles. The number of aryl methyl sites for hydroxylation is 1. The molecule has 1 saturated heterocycles. The zero-order valence-electron chi connectivity index (χ0n) is 23.0. The van der Waals surface area contributed by atoms with Crippen molar-refractivity contribution >= 4 is 22.8 Å². The van der Waals surface area contributed by atoms with Crippen molar-refractivity contribution in [2.75, 3.05) is 26.8 Å². The first kappa shape index (κ1) is 27.3. The lowest BCUT2D eigenvalue weighted by atomic mass is 10.0. The van der Waals surface area contributed by atoms with E-state index in [4.69, 9.17) is 9.47 Å². The molecule has 1 aliphatic rings. The summed E-state index contributed by atoms with van der Waals surface area (Å²) in [6, 6.07) is 22.1. The summed E-state index contributed by atoms with van der Waals surface area (Å²) in [6.45, 7) is 3.44. The minimum atomic E-state index is -0.872. The minimum Gasteiger partial charge on any atom is -0.497 e. The van der Waals surface area contributed by atoms with Gasteiger partial charge in [-0.1, -0.05) is 53.7 Å². The minimum absolute atomic E-state index is 0.0208. The molecule has 2 amide bonds. The predicted octanol–water partition coefficient (Wildman–Crippen LogP) is 3.86. The van der Waals surface area contributed by atoms with Crippen molar-refractivity contribution < 1.29 is 19.1 Å². The smallest absolute Gasteiger partial charge is 0.247 e. The second-order valence-corrected chi connectivity index (χ2v) is 10.1. The molecule has 0 unspecified atom stereocenters. The van der Waals surface area contributed by atoms with Crippen molar-refractivity contribution in [3.8, 4) is 5.75 Å².